The van der Waals surface area contributed by atoms with Crippen molar-refractivity contribution in [2.75, 3.05) is 0 Å². The number of nitrogens with zero attached hydrogens (tertiary/aromatic N) is 3. The molecule has 8 rings (SSSR count). The molecule has 226 valence electrons. The standard InChI is InChI=1S/C40H29N3O2P2/c44-46(30-13-5-1-6-14-30,31-15-7-2-8-16-31)34-21-23-38-36(27-34)37-28-35(22-24-39(37)43(38)40-29-41-25-26-42-40)47(45,32-17-9-3-10-18-32)33-19-11-4-12-20-33/h1-29H. The molecule has 0 unspecified atom stereocenters. The summed E-state index contributed by atoms with van der Waals surface area (Å²) in [6, 6.07) is 50.8. The van der Waals surface area contributed by atoms with Crippen molar-refractivity contribution in [2.24, 2.45) is 0 Å². The van der Waals surface area contributed by atoms with E-state index in [4.69, 9.17) is 0 Å². The van der Waals surface area contributed by atoms with Crippen molar-refractivity contribution in [3.63, 3.8) is 0 Å². The van der Waals surface area contributed by atoms with E-state index >= 15 is 9.13 Å². The minimum Gasteiger partial charge on any atom is -0.309 e. The van der Waals surface area contributed by atoms with Crippen LogP contribution >= 0.6 is 14.3 Å². The molecule has 0 spiro atoms. The number of benzene rings is 6. The lowest BCUT2D eigenvalue weighted by molar-refractivity contribution is 0.591. The maximum atomic E-state index is 15.4. The van der Waals surface area contributed by atoms with Crippen LogP contribution in [0.5, 0.6) is 0 Å². The fourth-order valence-electron chi connectivity index (χ4n) is 6.49. The minimum absolute atomic E-state index is 0.664. The fraction of sp³-hybridized carbons (Fsp3) is 0. The molecule has 2 aromatic heterocycles. The van der Waals surface area contributed by atoms with Crippen molar-refractivity contribution in [3.8, 4) is 5.82 Å². The minimum atomic E-state index is -3.25. The lowest BCUT2D eigenvalue weighted by Crippen LogP contribution is -2.25. The summed E-state index contributed by atoms with van der Waals surface area (Å²) in [6.45, 7) is 0. The van der Waals surface area contributed by atoms with E-state index in [0.717, 1.165) is 53.6 Å². The van der Waals surface area contributed by atoms with Gasteiger partial charge in [-0.3, -0.25) is 9.55 Å². The highest BCUT2D eigenvalue weighted by atomic mass is 31.2. The first kappa shape index (κ1) is 29.1. The van der Waals surface area contributed by atoms with E-state index in [9.17, 15) is 0 Å². The van der Waals surface area contributed by atoms with E-state index < -0.39 is 14.3 Å². The van der Waals surface area contributed by atoms with Crippen LogP contribution in [0.4, 0.5) is 0 Å². The smallest absolute Gasteiger partial charge is 0.171 e. The third kappa shape index (κ3) is 4.79. The Morgan fingerprint density at radius 1 is 0.426 bits per heavy atom. The molecule has 0 N–H and O–H groups in total. The highest BCUT2D eigenvalue weighted by Crippen LogP contribution is 2.46. The topological polar surface area (TPSA) is 64.8 Å². The molecule has 0 saturated carbocycles. The van der Waals surface area contributed by atoms with Gasteiger partial charge in [-0.05, 0) is 36.4 Å². The van der Waals surface area contributed by atoms with E-state index in [1.165, 1.54) is 0 Å². The van der Waals surface area contributed by atoms with Crippen molar-refractivity contribution in [2.45, 2.75) is 0 Å². The fourth-order valence-corrected chi connectivity index (χ4v) is 11.8. The van der Waals surface area contributed by atoms with E-state index in [0.29, 0.717) is 5.82 Å². The van der Waals surface area contributed by atoms with Crippen molar-refractivity contribution in [1.82, 2.24) is 14.5 Å². The SMILES string of the molecule is O=P(c1ccccc1)(c1ccccc1)c1ccc2c(c1)c1cc(P(=O)(c3ccccc3)c3ccccc3)ccc1n2-c1cnccn1. The Morgan fingerprint density at radius 3 is 1.15 bits per heavy atom. The normalized spacial score (nSPS) is 12.0. The van der Waals surface area contributed by atoms with E-state index in [2.05, 4.69) is 14.5 Å². The molecule has 0 aliphatic rings. The molecule has 7 heteroatoms. The largest absolute Gasteiger partial charge is 0.309 e. The van der Waals surface area contributed by atoms with Gasteiger partial charge in [0.05, 0.1) is 17.2 Å². The lowest BCUT2D eigenvalue weighted by Gasteiger charge is -2.20. The predicted molar refractivity (Wildman–Crippen MR) is 195 cm³/mol. The average molecular weight is 646 g/mol. The molecule has 0 atom stereocenters. The van der Waals surface area contributed by atoms with Crippen molar-refractivity contribution in [1.29, 1.82) is 0 Å². The van der Waals surface area contributed by atoms with Crippen molar-refractivity contribution in [3.05, 3.63) is 176 Å². The summed E-state index contributed by atoms with van der Waals surface area (Å²) >= 11 is 0. The molecule has 0 aliphatic heterocycles. The van der Waals surface area contributed by atoms with Crippen LogP contribution in [0.2, 0.25) is 0 Å². The maximum Gasteiger partial charge on any atom is 0.171 e. The highest BCUT2D eigenvalue weighted by Gasteiger charge is 2.32. The zero-order valence-corrected chi connectivity index (χ0v) is 27.1. The molecule has 6 aromatic carbocycles. The average Bonchev–Trinajstić information content (AvgIpc) is 3.49. The predicted octanol–water partition coefficient (Wildman–Crippen LogP) is 6.85. The molecular formula is C40H29N3O2P2. The monoisotopic (exact) mass is 645 g/mol. The Morgan fingerprint density at radius 2 is 0.809 bits per heavy atom. The van der Waals surface area contributed by atoms with Gasteiger partial charge in [0, 0.05) is 55.0 Å². The van der Waals surface area contributed by atoms with Gasteiger partial charge in [0.2, 0.25) is 0 Å². The van der Waals surface area contributed by atoms with Crippen LogP contribution in [-0.2, 0) is 9.13 Å². The molecular weight excluding hydrogens is 616 g/mol. The maximum absolute atomic E-state index is 15.4. The zero-order valence-electron chi connectivity index (χ0n) is 25.3. The van der Waals surface area contributed by atoms with E-state index in [1.807, 2.05) is 158 Å². The Labute approximate surface area is 273 Å². The highest BCUT2D eigenvalue weighted by molar-refractivity contribution is 7.85. The Balaban J connectivity index is 1.44. The number of aromatic nitrogens is 3. The van der Waals surface area contributed by atoms with Gasteiger partial charge in [-0.25, -0.2) is 4.98 Å². The van der Waals surface area contributed by atoms with Crippen LogP contribution in [-0.4, -0.2) is 14.5 Å². The summed E-state index contributed by atoms with van der Waals surface area (Å²) in [5.74, 6) is 0.664. The van der Waals surface area contributed by atoms with Gasteiger partial charge in [0.25, 0.3) is 0 Å². The summed E-state index contributed by atoms with van der Waals surface area (Å²) < 4.78 is 32.9. The van der Waals surface area contributed by atoms with Gasteiger partial charge in [0.15, 0.2) is 20.1 Å². The van der Waals surface area contributed by atoms with Gasteiger partial charge >= 0.3 is 0 Å². The van der Waals surface area contributed by atoms with Crippen molar-refractivity contribution < 1.29 is 9.13 Å². The summed E-state index contributed by atoms with van der Waals surface area (Å²) in [6.07, 6.45) is 5.06. The summed E-state index contributed by atoms with van der Waals surface area (Å²) in [7, 11) is -6.51. The molecule has 0 aliphatic carbocycles. The van der Waals surface area contributed by atoms with Crippen LogP contribution in [0.3, 0.4) is 0 Å². The Bertz CT molecular complexity index is 2210. The first-order valence-corrected chi connectivity index (χ1v) is 18.8. The molecule has 0 amide bonds. The molecule has 2 heterocycles. The molecule has 47 heavy (non-hydrogen) atoms. The molecule has 5 nitrogen and oxygen atoms in total. The molecule has 0 fully saturated rings. The van der Waals surface area contributed by atoms with Crippen LogP contribution in [0, 0.1) is 0 Å². The first-order chi connectivity index (χ1) is 23.1. The Hall–Kier alpha value is -5.34. The third-order valence-corrected chi connectivity index (χ3v) is 14.8. The second-order valence-corrected chi connectivity index (χ2v) is 16.9. The number of hydrogen-bond donors (Lipinski definition) is 0. The number of hydrogen-bond acceptors (Lipinski definition) is 4. The van der Waals surface area contributed by atoms with Gasteiger partial charge in [-0.1, -0.05) is 121 Å². The molecule has 0 radical (unpaired) electrons. The summed E-state index contributed by atoms with van der Waals surface area (Å²) in [4.78, 5) is 9.00. The summed E-state index contributed by atoms with van der Waals surface area (Å²) in [5, 5.41) is 6.29. The van der Waals surface area contributed by atoms with Gasteiger partial charge in [-0.15, -0.1) is 0 Å². The second kappa shape index (κ2) is 11.8. The van der Waals surface area contributed by atoms with Crippen LogP contribution in [0.15, 0.2) is 176 Å². The molecule has 8 aromatic rings. The second-order valence-electron chi connectivity index (χ2n) is 11.4. The van der Waals surface area contributed by atoms with Crippen LogP contribution in [0.1, 0.15) is 0 Å². The van der Waals surface area contributed by atoms with Crippen LogP contribution in [0.25, 0.3) is 27.6 Å². The van der Waals surface area contributed by atoms with Gasteiger partial charge in [0.1, 0.15) is 0 Å². The lowest BCUT2D eigenvalue weighted by atomic mass is 10.1. The summed E-state index contributed by atoms with van der Waals surface area (Å²) in [5.41, 5.74) is 1.78. The number of rotatable bonds is 7. The van der Waals surface area contributed by atoms with Crippen molar-refractivity contribution >= 4 is 67.9 Å². The van der Waals surface area contributed by atoms with Crippen LogP contribution < -0.4 is 31.8 Å². The van der Waals surface area contributed by atoms with Gasteiger partial charge < -0.3 is 9.13 Å². The van der Waals surface area contributed by atoms with Gasteiger partial charge in [-0.2, -0.15) is 0 Å². The zero-order chi connectivity index (χ0) is 31.8. The first-order valence-electron chi connectivity index (χ1n) is 15.4. The quantitative estimate of drug-likeness (QED) is 0.178. The van der Waals surface area contributed by atoms with E-state index in [1.54, 1.807) is 18.6 Å². The molecule has 0 bridgehead atoms. The molecule has 0 saturated heterocycles. The third-order valence-electron chi connectivity index (χ3n) is 8.72. The number of fused-ring (bicyclic) bond motifs is 3. The van der Waals surface area contributed by atoms with E-state index in [-0.39, 0.29) is 0 Å². The Kier molecular flexibility index (Phi) is 7.29.